The molecule has 1 aromatic heterocycles. The molecule has 18 heavy (non-hydrogen) atoms. The SMILES string of the molecule is Cc1cncc(COc2ccc(Br)cc2CO)c1. The Morgan fingerprint density at radius 3 is 2.83 bits per heavy atom. The van der Waals surface area contributed by atoms with Crippen molar-refractivity contribution < 1.29 is 9.84 Å². The van der Waals surface area contributed by atoms with Crippen molar-refractivity contribution in [2.75, 3.05) is 0 Å². The Labute approximate surface area is 115 Å². The molecule has 0 amide bonds. The van der Waals surface area contributed by atoms with Gasteiger partial charge in [0.1, 0.15) is 12.4 Å². The highest BCUT2D eigenvalue weighted by Gasteiger charge is 2.04. The Morgan fingerprint density at radius 1 is 1.28 bits per heavy atom. The summed E-state index contributed by atoms with van der Waals surface area (Å²) in [5, 5.41) is 9.27. The molecule has 0 bridgehead atoms. The molecular weight excluding hydrogens is 294 g/mol. The quantitative estimate of drug-likeness (QED) is 0.943. The Kier molecular flexibility index (Phi) is 4.33. The lowest BCUT2D eigenvalue weighted by Crippen LogP contribution is -1.99. The number of aliphatic hydroxyl groups excluding tert-OH is 1. The zero-order chi connectivity index (χ0) is 13.0. The molecule has 0 aliphatic rings. The summed E-state index contributed by atoms with van der Waals surface area (Å²) in [5.74, 6) is 0.696. The molecule has 0 aliphatic carbocycles. The summed E-state index contributed by atoms with van der Waals surface area (Å²) >= 11 is 3.37. The maximum absolute atomic E-state index is 9.27. The van der Waals surface area contributed by atoms with Crippen molar-refractivity contribution in [3.05, 3.63) is 57.8 Å². The van der Waals surface area contributed by atoms with Crippen LogP contribution >= 0.6 is 15.9 Å². The Bertz CT molecular complexity index is 543. The third-order valence-corrected chi connectivity index (χ3v) is 3.01. The summed E-state index contributed by atoms with van der Waals surface area (Å²) in [6.45, 7) is 2.40. The van der Waals surface area contributed by atoms with Gasteiger partial charge in [0, 0.05) is 28.0 Å². The lowest BCUT2D eigenvalue weighted by molar-refractivity contribution is 0.258. The first-order valence-electron chi connectivity index (χ1n) is 5.61. The van der Waals surface area contributed by atoms with E-state index in [1.807, 2.05) is 37.4 Å². The van der Waals surface area contributed by atoms with Crippen LogP contribution in [0.2, 0.25) is 0 Å². The summed E-state index contributed by atoms with van der Waals surface area (Å²) in [5.41, 5.74) is 2.89. The molecular formula is C14H14BrNO2. The average molecular weight is 308 g/mol. The van der Waals surface area contributed by atoms with Crippen LogP contribution in [0.15, 0.2) is 41.1 Å². The molecule has 3 nitrogen and oxygen atoms in total. The van der Waals surface area contributed by atoms with Gasteiger partial charge in [-0.15, -0.1) is 0 Å². The summed E-state index contributed by atoms with van der Waals surface area (Å²) in [7, 11) is 0. The number of pyridine rings is 1. The van der Waals surface area contributed by atoms with Crippen LogP contribution < -0.4 is 4.74 Å². The number of aliphatic hydroxyl groups is 1. The van der Waals surface area contributed by atoms with E-state index in [0.29, 0.717) is 12.4 Å². The van der Waals surface area contributed by atoms with Gasteiger partial charge in [0.2, 0.25) is 0 Å². The normalized spacial score (nSPS) is 10.4. The van der Waals surface area contributed by atoms with Crippen LogP contribution in [0.1, 0.15) is 16.7 Å². The largest absolute Gasteiger partial charge is 0.488 e. The lowest BCUT2D eigenvalue weighted by Gasteiger charge is -2.10. The van der Waals surface area contributed by atoms with Gasteiger partial charge in [-0.1, -0.05) is 15.9 Å². The van der Waals surface area contributed by atoms with Crippen LogP contribution in [-0.2, 0) is 13.2 Å². The number of hydrogen-bond acceptors (Lipinski definition) is 3. The van der Waals surface area contributed by atoms with Crippen molar-refractivity contribution in [1.29, 1.82) is 0 Å². The highest BCUT2D eigenvalue weighted by atomic mass is 79.9. The zero-order valence-electron chi connectivity index (χ0n) is 10.1. The topological polar surface area (TPSA) is 42.4 Å². The number of ether oxygens (including phenoxy) is 1. The molecule has 1 N–H and O–H groups in total. The molecule has 0 atom stereocenters. The van der Waals surface area contributed by atoms with Crippen LogP contribution in [-0.4, -0.2) is 10.1 Å². The van der Waals surface area contributed by atoms with E-state index in [4.69, 9.17) is 4.74 Å². The minimum absolute atomic E-state index is 0.0408. The van der Waals surface area contributed by atoms with Gasteiger partial charge in [-0.3, -0.25) is 4.98 Å². The van der Waals surface area contributed by atoms with Crippen LogP contribution in [0.25, 0.3) is 0 Å². The van der Waals surface area contributed by atoms with E-state index < -0.39 is 0 Å². The predicted octanol–water partition coefficient (Wildman–Crippen LogP) is 3.22. The van der Waals surface area contributed by atoms with E-state index in [9.17, 15) is 5.11 Å². The Balaban J connectivity index is 2.10. The van der Waals surface area contributed by atoms with E-state index in [1.165, 1.54) is 0 Å². The van der Waals surface area contributed by atoms with E-state index in [1.54, 1.807) is 6.20 Å². The number of hydrogen-bond donors (Lipinski definition) is 1. The second-order valence-corrected chi connectivity index (χ2v) is 4.99. The van der Waals surface area contributed by atoms with Crippen molar-refractivity contribution in [3.63, 3.8) is 0 Å². The molecule has 94 valence electrons. The van der Waals surface area contributed by atoms with Crippen molar-refractivity contribution in [2.24, 2.45) is 0 Å². The first-order valence-corrected chi connectivity index (χ1v) is 6.41. The van der Waals surface area contributed by atoms with Gasteiger partial charge in [0.05, 0.1) is 6.61 Å². The van der Waals surface area contributed by atoms with Crippen molar-refractivity contribution in [1.82, 2.24) is 4.98 Å². The van der Waals surface area contributed by atoms with Crippen molar-refractivity contribution in [2.45, 2.75) is 20.1 Å². The third-order valence-electron chi connectivity index (χ3n) is 2.52. The fourth-order valence-electron chi connectivity index (χ4n) is 1.67. The number of nitrogens with zero attached hydrogens (tertiary/aromatic N) is 1. The Hall–Kier alpha value is -1.39. The highest BCUT2D eigenvalue weighted by molar-refractivity contribution is 9.10. The van der Waals surface area contributed by atoms with E-state index in [2.05, 4.69) is 20.9 Å². The molecule has 1 heterocycles. The summed E-state index contributed by atoms with van der Waals surface area (Å²) in [6, 6.07) is 7.62. The molecule has 2 aromatic rings. The van der Waals surface area contributed by atoms with Crippen LogP contribution in [0, 0.1) is 6.92 Å². The molecule has 0 saturated heterocycles. The molecule has 0 saturated carbocycles. The number of aryl methyl sites for hydroxylation is 1. The number of benzene rings is 1. The van der Waals surface area contributed by atoms with Crippen LogP contribution in [0.5, 0.6) is 5.75 Å². The average Bonchev–Trinajstić information content (AvgIpc) is 2.37. The molecule has 1 aromatic carbocycles. The van der Waals surface area contributed by atoms with E-state index >= 15 is 0 Å². The molecule has 0 fully saturated rings. The summed E-state index contributed by atoms with van der Waals surface area (Å²) in [4.78, 5) is 4.12. The Morgan fingerprint density at radius 2 is 2.11 bits per heavy atom. The smallest absolute Gasteiger partial charge is 0.125 e. The lowest BCUT2D eigenvalue weighted by atomic mass is 10.2. The maximum Gasteiger partial charge on any atom is 0.125 e. The first-order chi connectivity index (χ1) is 8.69. The summed E-state index contributed by atoms with van der Waals surface area (Å²) < 4.78 is 6.63. The van der Waals surface area contributed by atoms with Crippen molar-refractivity contribution in [3.8, 4) is 5.75 Å². The van der Waals surface area contributed by atoms with E-state index in [-0.39, 0.29) is 6.61 Å². The molecule has 0 unspecified atom stereocenters. The van der Waals surface area contributed by atoms with Gasteiger partial charge in [-0.25, -0.2) is 0 Å². The zero-order valence-corrected chi connectivity index (χ0v) is 11.6. The van der Waals surface area contributed by atoms with Crippen LogP contribution in [0.3, 0.4) is 0 Å². The van der Waals surface area contributed by atoms with Gasteiger partial charge in [-0.05, 0) is 36.8 Å². The van der Waals surface area contributed by atoms with Gasteiger partial charge in [0.25, 0.3) is 0 Å². The number of rotatable bonds is 4. The standard InChI is InChI=1S/C14H14BrNO2/c1-10-4-11(7-16-6-10)9-18-14-3-2-13(15)5-12(14)8-17/h2-7,17H,8-9H2,1H3. The summed E-state index contributed by atoms with van der Waals surface area (Å²) in [6.07, 6.45) is 3.59. The fraction of sp³-hybridized carbons (Fsp3) is 0.214. The molecule has 0 spiro atoms. The highest BCUT2D eigenvalue weighted by Crippen LogP contribution is 2.24. The monoisotopic (exact) mass is 307 g/mol. The molecule has 0 radical (unpaired) electrons. The van der Waals surface area contributed by atoms with Crippen molar-refractivity contribution >= 4 is 15.9 Å². The minimum atomic E-state index is -0.0408. The van der Waals surface area contributed by atoms with Gasteiger partial charge < -0.3 is 9.84 Å². The second-order valence-electron chi connectivity index (χ2n) is 4.07. The first kappa shape index (κ1) is 13.1. The molecule has 4 heteroatoms. The maximum atomic E-state index is 9.27. The molecule has 0 aliphatic heterocycles. The van der Waals surface area contributed by atoms with Crippen LogP contribution in [0.4, 0.5) is 0 Å². The molecule has 2 rings (SSSR count). The van der Waals surface area contributed by atoms with Gasteiger partial charge >= 0.3 is 0 Å². The predicted molar refractivity (Wildman–Crippen MR) is 73.4 cm³/mol. The second kappa shape index (κ2) is 5.98. The van der Waals surface area contributed by atoms with E-state index in [0.717, 1.165) is 21.2 Å². The minimum Gasteiger partial charge on any atom is -0.488 e. The fourth-order valence-corrected chi connectivity index (χ4v) is 2.08. The van der Waals surface area contributed by atoms with Gasteiger partial charge in [0.15, 0.2) is 0 Å². The third kappa shape index (κ3) is 3.31. The number of halogens is 1. The number of aromatic nitrogens is 1. The van der Waals surface area contributed by atoms with Gasteiger partial charge in [-0.2, -0.15) is 0 Å².